The largest absolute Gasteiger partial charge is 0.487 e. The Balaban J connectivity index is 2.10. The molecule has 1 aliphatic heterocycles. The fourth-order valence-electron chi connectivity index (χ4n) is 2.15. The van der Waals surface area contributed by atoms with Gasteiger partial charge in [0.2, 0.25) is 0 Å². The summed E-state index contributed by atoms with van der Waals surface area (Å²) in [6, 6.07) is 6.33. The van der Waals surface area contributed by atoms with Gasteiger partial charge in [0.25, 0.3) is 0 Å². The van der Waals surface area contributed by atoms with Gasteiger partial charge >= 0.3 is 0 Å². The van der Waals surface area contributed by atoms with Gasteiger partial charge in [-0.05, 0) is 33.3 Å². The van der Waals surface area contributed by atoms with E-state index >= 15 is 0 Å². The molecule has 0 amide bonds. The number of hydrogen-bond acceptors (Lipinski definition) is 3. The van der Waals surface area contributed by atoms with Crippen LogP contribution in [-0.2, 0) is 11.3 Å². The number of para-hydroxylation sites is 1. The number of benzene rings is 1. The fraction of sp³-hybridized carbons (Fsp3) is 0.625. The lowest BCUT2D eigenvalue weighted by atomic mass is 10.1. The highest BCUT2D eigenvalue weighted by Crippen LogP contribution is 2.26. The third kappa shape index (κ3) is 4.22. The minimum atomic E-state index is 0.109. The van der Waals surface area contributed by atoms with Gasteiger partial charge in [-0.25, -0.2) is 0 Å². The zero-order valence-corrected chi connectivity index (χ0v) is 12.5. The molecule has 0 saturated carbocycles. The molecule has 1 aromatic carbocycles. The first-order valence-corrected chi connectivity index (χ1v) is 7.03. The molecule has 1 atom stereocenters. The van der Waals surface area contributed by atoms with Crippen molar-refractivity contribution in [1.29, 1.82) is 0 Å². The Bertz CT molecular complexity index is 417. The van der Waals surface area contributed by atoms with Crippen LogP contribution in [0.4, 0.5) is 0 Å². The summed E-state index contributed by atoms with van der Waals surface area (Å²) in [6.45, 7) is 11.0. The Kier molecular flexibility index (Phi) is 4.48. The van der Waals surface area contributed by atoms with Crippen LogP contribution in [0.2, 0.25) is 0 Å². The smallest absolute Gasteiger partial charge is 0.127 e. The summed E-state index contributed by atoms with van der Waals surface area (Å²) in [6.07, 6.45) is 1.19. The van der Waals surface area contributed by atoms with E-state index in [4.69, 9.17) is 9.47 Å². The number of rotatable bonds is 4. The van der Waals surface area contributed by atoms with E-state index in [9.17, 15) is 0 Å². The van der Waals surface area contributed by atoms with Crippen molar-refractivity contribution < 1.29 is 9.47 Å². The molecule has 0 radical (unpaired) electrons. The monoisotopic (exact) mass is 263 g/mol. The second kappa shape index (κ2) is 5.93. The van der Waals surface area contributed by atoms with Crippen LogP contribution in [0.5, 0.6) is 5.75 Å². The standard InChI is InChI=1S/C16H25NO2/c1-12-6-5-7-13(10-17-16(2,3)4)15(12)19-14-8-9-18-11-14/h5-7,14,17H,8-11H2,1-4H3. The maximum Gasteiger partial charge on any atom is 0.127 e. The predicted molar refractivity (Wildman–Crippen MR) is 77.6 cm³/mol. The van der Waals surface area contributed by atoms with Gasteiger partial charge in [-0.2, -0.15) is 0 Å². The third-order valence-electron chi connectivity index (χ3n) is 3.28. The van der Waals surface area contributed by atoms with Crippen molar-refractivity contribution >= 4 is 0 Å². The van der Waals surface area contributed by atoms with Gasteiger partial charge in [-0.15, -0.1) is 0 Å². The number of aryl methyl sites for hydroxylation is 1. The van der Waals surface area contributed by atoms with Gasteiger partial charge in [-0.1, -0.05) is 18.2 Å². The molecule has 0 bridgehead atoms. The van der Waals surface area contributed by atoms with Crippen molar-refractivity contribution in [2.24, 2.45) is 0 Å². The van der Waals surface area contributed by atoms with Crippen LogP contribution in [0, 0.1) is 6.92 Å². The molecule has 3 nitrogen and oxygen atoms in total. The van der Waals surface area contributed by atoms with Crippen LogP contribution >= 0.6 is 0 Å². The SMILES string of the molecule is Cc1cccc(CNC(C)(C)C)c1OC1CCOC1. The second-order valence-electron chi connectivity index (χ2n) is 6.27. The average molecular weight is 263 g/mol. The molecular weight excluding hydrogens is 238 g/mol. The lowest BCUT2D eigenvalue weighted by Gasteiger charge is -2.23. The molecule has 106 valence electrons. The number of nitrogens with one attached hydrogen (secondary N) is 1. The van der Waals surface area contributed by atoms with Gasteiger partial charge in [0.1, 0.15) is 11.9 Å². The minimum Gasteiger partial charge on any atom is -0.487 e. The van der Waals surface area contributed by atoms with Gasteiger partial charge in [-0.3, -0.25) is 0 Å². The topological polar surface area (TPSA) is 30.5 Å². The summed E-state index contributed by atoms with van der Waals surface area (Å²) in [7, 11) is 0. The lowest BCUT2D eigenvalue weighted by molar-refractivity contribution is 0.140. The molecule has 19 heavy (non-hydrogen) atoms. The van der Waals surface area contributed by atoms with Crippen LogP contribution in [0.25, 0.3) is 0 Å². The second-order valence-corrected chi connectivity index (χ2v) is 6.27. The molecule has 0 spiro atoms. The van der Waals surface area contributed by atoms with E-state index in [1.54, 1.807) is 0 Å². The quantitative estimate of drug-likeness (QED) is 0.905. The molecule has 2 rings (SSSR count). The Morgan fingerprint density at radius 1 is 1.37 bits per heavy atom. The summed E-state index contributed by atoms with van der Waals surface area (Å²) in [5.41, 5.74) is 2.53. The molecular formula is C16H25NO2. The van der Waals surface area contributed by atoms with Gasteiger partial charge < -0.3 is 14.8 Å². The Hall–Kier alpha value is -1.06. The van der Waals surface area contributed by atoms with Crippen LogP contribution in [0.1, 0.15) is 38.3 Å². The van der Waals surface area contributed by atoms with E-state index in [0.29, 0.717) is 6.61 Å². The predicted octanol–water partition coefficient (Wildman–Crippen LogP) is 3.05. The summed E-state index contributed by atoms with van der Waals surface area (Å²) >= 11 is 0. The molecule has 1 N–H and O–H groups in total. The lowest BCUT2D eigenvalue weighted by Crippen LogP contribution is -2.35. The molecule has 1 aliphatic rings. The van der Waals surface area contributed by atoms with E-state index in [0.717, 1.165) is 25.3 Å². The first-order valence-electron chi connectivity index (χ1n) is 7.03. The first-order chi connectivity index (χ1) is 8.96. The molecule has 1 fully saturated rings. The van der Waals surface area contributed by atoms with E-state index in [-0.39, 0.29) is 11.6 Å². The van der Waals surface area contributed by atoms with Crippen LogP contribution in [0.3, 0.4) is 0 Å². The zero-order chi connectivity index (χ0) is 13.9. The Labute approximate surface area is 116 Å². The van der Waals surface area contributed by atoms with Crippen LogP contribution in [-0.4, -0.2) is 24.9 Å². The normalized spacial score (nSPS) is 19.7. The van der Waals surface area contributed by atoms with Gasteiger partial charge in [0.05, 0.1) is 13.2 Å². The maximum absolute atomic E-state index is 6.14. The molecule has 0 aromatic heterocycles. The first kappa shape index (κ1) is 14.4. The summed E-state index contributed by atoms with van der Waals surface area (Å²) in [5, 5.41) is 3.52. The van der Waals surface area contributed by atoms with E-state index in [2.05, 4.69) is 51.2 Å². The van der Waals surface area contributed by atoms with Crippen LogP contribution in [0.15, 0.2) is 18.2 Å². The van der Waals surface area contributed by atoms with Gasteiger partial charge in [0, 0.05) is 24.1 Å². The zero-order valence-electron chi connectivity index (χ0n) is 12.5. The molecule has 1 aromatic rings. The highest BCUT2D eigenvalue weighted by molar-refractivity contribution is 5.41. The van der Waals surface area contributed by atoms with Gasteiger partial charge in [0.15, 0.2) is 0 Å². The van der Waals surface area contributed by atoms with Crippen molar-refractivity contribution in [3.63, 3.8) is 0 Å². The highest BCUT2D eigenvalue weighted by atomic mass is 16.5. The Morgan fingerprint density at radius 3 is 2.79 bits per heavy atom. The molecule has 0 aliphatic carbocycles. The summed E-state index contributed by atoms with van der Waals surface area (Å²) in [5.74, 6) is 1.02. The maximum atomic E-state index is 6.14. The van der Waals surface area contributed by atoms with Crippen molar-refractivity contribution in [2.75, 3.05) is 13.2 Å². The van der Waals surface area contributed by atoms with Crippen LogP contribution < -0.4 is 10.1 Å². The number of ether oxygens (including phenoxy) is 2. The van der Waals surface area contributed by atoms with Crippen molar-refractivity contribution in [3.05, 3.63) is 29.3 Å². The molecule has 1 unspecified atom stereocenters. The van der Waals surface area contributed by atoms with E-state index < -0.39 is 0 Å². The van der Waals surface area contributed by atoms with E-state index in [1.807, 2.05) is 0 Å². The van der Waals surface area contributed by atoms with Crippen molar-refractivity contribution in [3.8, 4) is 5.75 Å². The molecule has 1 heterocycles. The highest BCUT2D eigenvalue weighted by Gasteiger charge is 2.20. The molecule has 1 saturated heterocycles. The Morgan fingerprint density at radius 2 is 2.16 bits per heavy atom. The average Bonchev–Trinajstić information content (AvgIpc) is 2.82. The van der Waals surface area contributed by atoms with E-state index in [1.165, 1.54) is 11.1 Å². The summed E-state index contributed by atoms with van der Waals surface area (Å²) in [4.78, 5) is 0. The van der Waals surface area contributed by atoms with Crippen molar-refractivity contribution in [2.45, 2.75) is 52.3 Å². The number of hydrogen-bond donors (Lipinski definition) is 1. The third-order valence-corrected chi connectivity index (χ3v) is 3.28. The van der Waals surface area contributed by atoms with Crippen molar-refractivity contribution in [1.82, 2.24) is 5.32 Å². The molecule has 3 heteroatoms. The minimum absolute atomic E-state index is 0.109. The summed E-state index contributed by atoms with van der Waals surface area (Å²) < 4.78 is 11.5. The fourth-order valence-corrected chi connectivity index (χ4v) is 2.15.